The predicted octanol–water partition coefficient (Wildman–Crippen LogP) is 0.590. The van der Waals surface area contributed by atoms with Gasteiger partial charge >= 0.3 is 0 Å². The average Bonchev–Trinajstić information content (AvgIpc) is 2.96. The van der Waals surface area contributed by atoms with Crippen LogP contribution in [0.1, 0.15) is 16.8 Å². The number of rotatable bonds is 4. The maximum absolute atomic E-state index is 13.6. The third-order valence-corrected chi connectivity index (χ3v) is 4.14. The number of carbonyl (C=O) groups excluding carboxylic acids is 1. The van der Waals surface area contributed by atoms with Gasteiger partial charge in [0.1, 0.15) is 0 Å². The molecular weight excluding hydrogens is 282 g/mol. The van der Waals surface area contributed by atoms with E-state index in [0.717, 1.165) is 0 Å². The molecule has 8 heteroatoms. The maximum atomic E-state index is 13.6. The first-order chi connectivity index (χ1) is 10.00. The summed E-state index contributed by atoms with van der Waals surface area (Å²) in [6.45, 7) is 0.988. The lowest BCUT2D eigenvalue weighted by molar-refractivity contribution is -0.0136. The summed E-state index contributed by atoms with van der Waals surface area (Å²) in [5.74, 6) is -2.78. The molecule has 3 rings (SSSR count). The normalized spacial score (nSPS) is 26.0. The molecule has 0 aromatic carbocycles. The summed E-state index contributed by atoms with van der Waals surface area (Å²) in [4.78, 5) is 15.5. The largest absolute Gasteiger partial charge is 0.383 e. The average molecular weight is 300 g/mol. The molecule has 2 saturated heterocycles. The highest BCUT2D eigenvalue weighted by molar-refractivity contribution is 5.94. The van der Waals surface area contributed by atoms with Crippen molar-refractivity contribution in [1.29, 1.82) is 0 Å². The van der Waals surface area contributed by atoms with Crippen LogP contribution >= 0.6 is 0 Å². The van der Waals surface area contributed by atoms with Crippen molar-refractivity contribution in [3.63, 3.8) is 0 Å². The Bertz CT molecular complexity index is 502. The van der Waals surface area contributed by atoms with Gasteiger partial charge in [-0.3, -0.25) is 14.8 Å². The molecule has 0 bridgehead atoms. The number of hydrogen-bond donors (Lipinski definition) is 1. The lowest BCUT2D eigenvalue weighted by atomic mass is 10.0. The number of aromatic nitrogens is 2. The lowest BCUT2D eigenvalue weighted by Crippen LogP contribution is -2.62. The predicted molar refractivity (Wildman–Crippen MR) is 70.2 cm³/mol. The SMILES string of the molecule is COC[C@@H]1CC(F)(F)CN1C1CN(C(=O)c2cn[nH]c2)C1. The second-order valence-corrected chi connectivity index (χ2v) is 5.69. The highest BCUT2D eigenvalue weighted by Gasteiger charge is 2.50. The van der Waals surface area contributed by atoms with Crippen LogP contribution in [0.25, 0.3) is 0 Å². The summed E-state index contributed by atoms with van der Waals surface area (Å²) in [6.07, 6.45) is 2.83. The first-order valence-corrected chi connectivity index (χ1v) is 6.91. The van der Waals surface area contributed by atoms with E-state index in [2.05, 4.69) is 10.2 Å². The molecule has 2 fully saturated rings. The Kier molecular flexibility index (Phi) is 3.66. The monoisotopic (exact) mass is 300 g/mol. The Morgan fingerprint density at radius 1 is 1.57 bits per heavy atom. The lowest BCUT2D eigenvalue weighted by Gasteiger charge is -2.45. The van der Waals surface area contributed by atoms with E-state index in [4.69, 9.17) is 4.74 Å². The number of likely N-dealkylation sites (tertiary alicyclic amines) is 2. The Labute approximate surface area is 121 Å². The van der Waals surface area contributed by atoms with Crippen molar-refractivity contribution < 1.29 is 18.3 Å². The number of ether oxygens (including phenoxy) is 1. The minimum absolute atomic E-state index is 0.0191. The number of methoxy groups -OCH3 is 1. The first kappa shape index (κ1) is 14.4. The Hall–Kier alpha value is -1.54. The summed E-state index contributed by atoms with van der Waals surface area (Å²) in [5.41, 5.74) is 0.494. The number of hydrogen-bond acceptors (Lipinski definition) is 4. The molecule has 0 spiro atoms. The summed E-state index contributed by atoms with van der Waals surface area (Å²) >= 11 is 0. The fraction of sp³-hybridized carbons (Fsp3) is 0.692. The zero-order valence-corrected chi connectivity index (χ0v) is 11.8. The molecule has 6 nitrogen and oxygen atoms in total. The van der Waals surface area contributed by atoms with Crippen molar-refractivity contribution in [1.82, 2.24) is 20.0 Å². The molecule has 3 heterocycles. The van der Waals surface area contributed by atoms with Crippen LogP contribution in [0.5, 0.6) is 0 Å². The summed E-state index contributed by atoms with van der Waals surface area (Å²) in [7, 11) is 1.52. The van der Waals surface area contributed by atoms with E-state index in [0.29, 0.717) is 25.3 Å². The molecule has 1 N–H and O–H groups in total. The molecule has 2 aliphatic heterocycles. The number of nitrogens with zero attached hydrogens (tertiary/aromatic N) is 3. The molecule has 21 heavy (non-hydrogen) atoms. The third kappa shape index (κ3) is 2.77. The number of halogens is 2. The van der Waals surface area contributed by atoms with Crippen LogP contribution in [0, 0.1) is 0 Å². The molecule has 0 aliphatic carbocycles. The van der Waals surface area contributed by atoms with E-state index in [1.54, 1.807) is 9.80 Å². The van der Waals surface area contributed by atoms with Crippen molar-refractivity contribution in [3.05, 3.63) is 18.0 Å². The van der Waals surface area contributed by atoms with E-state index in [1.165, 1.54) is 19.5 Å². The Balaban J connectivity index is 1.59. The smallest absolute Gasteiger partial charge is 0.262 e. The third-order valence-electron chi connectivity index (χ3n) is 4.14. The van der Waals surface area contributed by atoms with Gasteiger partial charge < -0.3 is 9.64 Å². The van der Waals surface area contributed by atoms with Gasteiger partial charge in [-0.25, -0.2) is 8.78 Å². The summed E-state index contributed by atoms with van der Waals surface area (Å²) in [6, 6.07) is -0.296. The highest BCUT2D eigenvalue weighted by Crippen LogP contribution is 2.35. The first-order valence-electron chi connectivity index (χ1n) is 6.91. The van der Waals surface area contributed by atoms with Gasteiger partial charge in [0, 0.05) is 44.9 Å². The Morgan fingerprint density at radius 2 is 2.33 bits per heavy atom. The Morgan fingerprint density at radius 3 is 2.95 bits per heavy atom. The van der Waals surface area contributed by atoms with Crippen molar-refractivity contribution in [2.75, 3.05) is 33.4 Å². The number of carbonyl (C=O) groups is 1. The topological polar surface area (TPSA) is 61.5 Å². The summed E-state index contributed by atoms with van der Waals surface area (Å²) in [5, 5.41) is 6.33. The summed E-state index contributed by atoms with van der Waals surface area (Å²) < 4.78 is 32.2. The van der Waals surface area contributed by atoms with Gasteiger partial charge in [0.05, 0.1) is 24.9 Å². The number of H-pyrrole nitrogens is 1. The molecule has 1 atom stereocenters. The van der Waals surface area contributed by atoms with E-state index in [9.17, 15) is 13.6 Å². The van der Waals surface area contributed by atoms with Crippen molar-refractivity contribution in [2.45, 2.75) is 24.4 Å². The van der Waals surface area contributed by atoms with Crippen molar-refractivity contribution >= 4 is 5.91 Å². The van der Waals surface area contributed by atoms with E-state index in [1.807, 2.05) is 0 Å². The van der Waals surface area contributed by atoms with Crippen molar-refractivity contribution in [3.8, 4) is 0 Å². The highest BCUT2D eigenvalue weighted by atomic mass is 19.3. The second kappa shape index (κ2) is 5.34. The van der Waals surface area contributed by atoms with Gasteiger partial charge in [0.2, 0.25) is 0 Å². The van der Waals surface area contributed by atoms with Gasteiger partial charge in [0.15, 0.2) is 0 Å². The quantitative estimate of drug-likeness (QED) is 0.884. The van der Waals surface area contributed by atoms with E-state index < -0.39 is 5.92 Å². The molecule has 1 aromatic rings. The van der Waals surface area contributed by atoms with Gasteiger partial charge in [-0.1, -0.05) is 0 Å². The molecule has 1 aromatic heterocycles. The number of alkyl halides is 2. The van der Waals surface area contributed by atoms with E-state index >= 15 is 0 Å². The molecular formula is C13H18F2N4O2. The van der Waals surface area contributed by atoms with Gasteiger partial charge in [-0.05, 0) is 0 Å². The maximum Gasteiger partial charge on any atom is 0.262 e. The van der Waals surface area contributed by atoms with Crippen LogP contribution < -0.4 is 0 Å². The zero-order chi connectivity index (χ0) is 15.0. The molecule has 0 unspecified atom stereocenters. The standard InChI is InChI=1S/C13H18F2N4O2/c1-21-7-10-2-13(14,15)8-19(10)11-5-18(6-11)12(20)9-3-16-17-4-9/h3-4,10-11H,2,5-8H2,1H3,(H,16,17)/t10-/m0/s1. The minimum atomic E-state index is -2.67. The molecule has 116 valence electrons. The fourth-order valence-corrected chi connectivity index (χ4v) is 3.08. The molecule has 0 saturated carbocycles. The van der Waals surface area contributed by atoms with Gasteiger partial charge in [-0.2, -0.15) is 5.10 Å². The van der Waals surface area contributed by atoms with Crippen LogP contribution in [0.4, 0.5) is 8.78 Å². The molecule has 0 radical (unpaired) electrons. The number of aromatic amines is 1. The van der Waals surface area contributed by atoms with Crippen LogP contribution in [0.15, 0.2) is 12.4 Å². The van der Waals surface area contributed by atoms with Gasteiger partial charge in [0.25, 0.3) is 11.8 Å². The van der Waals surface area contributed by atoms with Crippen LogP contribution in [-0.4, -0.2) is 77.3 Å². The minimum Gasteiger partial charge on any atom is -0.383 e. The van der Waals surface area contributed by atoms with Gasteiger partial charge in [-0.15, -0.1) is 0 Å². The number of amides is 1. The zero-order valence-electron chi connectivity index (χ0n) is 11.8. The second-order valence-electron chi connectivity index (χ2n) is 5.69. The number of nitrogens with one attached hydrogen (secondary N) is 1. The van der Waals surface area contributed by atoms with Crippen molar-refractivity contribution in [2.24, 2.45) is 0 Å². The van der Waals surface area contributed by atoms with Crippen LogP contribution in [0.2, 0.25) is 0 Å². The van der Waals surface area contributed by atoms with Crippen LogP contribution in [0.3, 0.4) is 0 Å². The van der Waals surface area contributed by atoms with E-state index in [-0.39, 0.29) is 31.0 Å². The van der Waals surface area contributed by atoms with Crippen LogP contribution in [-0.2, 0) is 4.74 Å². The molecule has 1 amide bonds. The fourth-order valence-electron chi connectivity index (χ4n) is 3.08. The molecule has 2 aliphatic rings.